The second-order valence-corrected chi connectivity index (χ2v) is 2.69. The van der Waals surface area contributed by atoms with E-state index in [-0.39, 0.29) is 19.8 Å². The third-order valence-corrected chi connectivity index (χ3v) is 1.72. The lowest BCUT2D eigenvalue weighted by Crippen LogP contribution is -2.52. The van der Waals surface area contributed by atoms with Gasteiger partial charge in [0.15, 0.2) is 0 Å². The standard InChI is InChI=1S/C10H18O6/c1-5-14-8(11)10(13-4,16-7-3)9(12)15-6-2/h5-7H2,1-4H3. The Morgan fingerprint density at radius 3 is 1.62 bits per heavy atom. The van der Waals surface area contributed by atoms with Gasteiger partial charge in [-0.25, -0.2) is 9.59 Å². The van der Waals surface area contributed by atoms with E-state index in [1.54, 1.807) is 20.8 Å². The first kappa shape index (κ1) is 14.9. The van der Waals surface area contributed by atoms with Gasteiger partial charge < -0.3 is 18.9 Å². The molecule has 94 valence electrons. The third-order valence-electron chi connectivity index (χ3n) is 1.72. The molecule has 0 N–H and O–H groups in total. The molecule has 0 aromatic carbocycles. The summed E-state index contributed by atoms with van der Waals surface area (Å²) in [5.74, 6) is -3.92. The zero-order valence-corrected chi connectivity index (χ0v) is 10.1. The van der Waals surface area contributed by atoms with Crippen LogP contribution >= 0.6 is 0 Å². The second-order valence-electron chi connectivity index (χ2n) is 2.69. The molecule has 6 nitrogen and oxygen atoms in total. The van der Waals surface area contributed by atoms with E-state index in [1.807, 2.05) is 0 Å². The van der Waals surface area contributed by atoms with Gasteiger partial charge in [-0.2, -0.15) is 0 Å². The quantitative estimate of drug-likeness (QED) is 0.363. The molecule has 0 saturated heterocycles. The first-order valence-electron chi connectivity index (χ1n) is 5.12. The number of methoxy groups -OCH3 is 1. The van der Waals surface area contributed by atoms with Crippen LogP contribution in [0.3, 0.4) is 0 Å². The molecule has 6 heteroatoms. The summed E-state index contributed by atoms with van der Waals surface area (Å²) >= 11 is 0. The topological polar surface area (TPSA) is 71.1 Å². The molecular formula is C10H18O6. The Morgan fingerprint density at radius 2 is 1.38 bits per heavy atom. The Kier molecular flexibility index (Phi) is 6.67. The van der Waals surface area contributed by atoms with Crippen LogP contribution in [0.1, 0.15) is 20.8 Å². The van der Waals surface area contributed by atoms with E-state index in [0.29, 0.717) is 0 Å². The average Bonchev–Trinajstić information content (AvgIpc) is 2.26. The molecule has 0 amide bonds. The predicted octanol–water partition coefficient (Wildman–Crippen LogP) is 0.492. The molecule has 0 aromatic rings. The summed E-state index contributed by atoms with van der Waals surface area (Å²) in [6.07, 6.45) is 0. The van der Waals surface area contributed by atoms with Crippen LogP contribution < -0.4 is 0 Å². The number of esters is 2. The Labute approximate surface area is 94.8 Å². The van der Waals surface area contributed by atoms with Crippen LogP contribution in [0.25, 0.3) is 0 Å². The van der Waals surface area contributed by atoms with Gasteiger partial charge in [0.25, 0.3) is 0 Å². The second kappa shape index (κ2) is 7.19. The first-order valence-corrected chi connectivity index (χ1v) is 5.12. The highest BCUT2D eigenvalue weighted by molar-refractivity contribution is 6.01. The molecule has 16 heavy (non-hydrogen) atoms. The van der Waals surface area contributed by atoms with E-state index in [0.717, 1.165) is 0 Å². The van der Waals surface area contributed by atoms with Gasteiger partial charge in [0, 0.05) is 13.7 Å². The molecule has 0 heterocycles. The van der Waals surface area contributed by atoms with Crippen molar-refractivity contribution in [3.63, 3.8) is 0 Å². The largest absolute Gasteiger partial charge is 0.462 e. The first-order chi connectivity index (χ1) is 7.58. The number of carbonyl (C=O) groups is 2. The highest BCUT2D eigenvalue weighted by atomic mass is 16.7. The molecule has 0 saturated carbocycles. The SMILES string of the molecule is CCOC(=O)C(OC)(OCC)C(=O)OCC. The lowest BCUT2D eigenvalue weighted by Gasteiger charge is -2.26. The van der Waals surface area contributed by atoms with Crippen molar-refractivity contribution in [1.29, 1.82) is 0 Å². The lowest BCUT2D eigenvalue weighted by molar-refractivity contribution is -0.245. The molecule has 0 aliphatic rings. The van der Waals surface area contributed by atoms with E-state index < -0.39 is 17.7 Å². The molecule has 0 radical (unpaired) electrons. The number of ether oxygens (including phenoxy) is 4. The van der Waals surface area contributed by atoms with Crippen LogP contribution in [0.2, 0.25) is 0 Å². The molecule has 0 rings (SSSR count). The van der Waals surface area contributed by atoms with Crippen LogP contribution in [0.15, 0.2) is 0 Å². The fourth-order valence-corrected chi connectivity index (χ4v) is 1.08. The minimum atomic E-state index is -2.11. The summed E-state index contributed by atoms with van der Waals surface area (Å²) in [4.78, 5) is 23.3. The summed E-state index contributed by atoms with van der Waals surface area (Å²) < 4.78 is 19.3. The van der Waals surface area contributed by atoms with Gasteiger partial charge in [0.1, 0.15) is 0 Å². The fraction of sp³-hybridized carbons (Fsp3) is 0.800. The van der Waals surface area contributed by atoms with Crippen molar-refractivity contribution >= 4 is 11.9 Å². The predicted molar refractivity (Wildman–Crippen MR) is 54.6 cm³/mol. The molecule has 0 aliphatic heterocycles. The molecule has 0 fully saturated rings. The molecule has 0 aromatic heterocycles. The van der Waals surface area contributed by atoms with Crippen LogP contribution in [0, 0.1) is 0 Å². The molecule has 0 unspecified atom stereocenters. The minimum Gasteiger partial charge on any atom is -0.462 e. The maximum atomic E-state index is 11.6. The van der Waals surface area contributed by atoms with E-state index >= 15 is 0 Å². The van der Waals surface area contributed by atoms with Crippen molar-refractivity contribution < 1.29 is 28.5 Å². The van der Waals surface area contributed by atoms with Crippen molar-refractivity contribution in [2.24, 2.45) is 0 Å². The molecular weight excluding hydrogens is 216 g/mol. The Morgan fingerprint density at radius 1 is 0.938 bits per heavy atom. The minimum absolute atomic E-state index is 0.117. The van der Waals surface area contributed by atoms with Crippen molar-refractivity contribution in [1.82, 2.24) is 0 Å². The van der Waals surface area contributed by atoms with E-state index in [4.69, 9.17) is 18.9 Å². The number of carbonyl (C=O) groups excluding carboxylic acids is 2. The van der Waals surface area contributed by atoms with E-state index in [1.165, 1.54) is 7.11 Å². The Bertz CT molecular complexity index is 219. The van der Waals surface area contributed by atoms with E-state index in [9.17, 15) is 9.59 Å². The third kappa shape index (κ3) is 3.18. The van der Waals surface area contributed by atoms with Gasteiger partial charge in [-0.1, -0.05) is 0 Å². The molecule has 0 bridgehead atoms. The summed E-state index contributed by atoms with van der Waals surface area (Å²) in [5.41, 5.74) is 0. The normalized spacial score (nSPS) is 11.0. The average molecular weight is 234 g/mol. The number of hydrogen-bond donors (Lipinski definition) is 0. The van der Waals surface area contributed by atoms with Gasteiger partial charge in [-0.15, -0.1) is 0 Å². The van der Waals surface area contributed by atoms with Crippen LogP contribution in [0.5, 0.6) is 0 Å². The summed E-state index contributed by atoms with van der Waals surface area (Å²) in [6, 6.07) is 0. The summed E-state index contributed by atoms with van der Waals surface area (Å²) in [7, 11) is 1.18. The number of rotatable bonds is 7. The summed E-state index contributed by atoms with van der Waals surface area (Å²) in [5, 5.41) is 0. The van der Waals surface area contributed by atoms with Gasteiger partial charge >= 0.3 is 17.7 Å². The highest BCUT2D eigenvalue weighted by Gasteiger charge is 2.51. The Hall–Kier alpha value is -1.14. The van der Waals surface area contributed by atoms with Crippen molar-refractivity contribution in [3.05, 3.63) is 0 Å². The van der Waals surface area contributed by atoms with E-state index in [2.05, 4.69) is 0 Å². The maximum Gasteiger partial charge on any atom is 0.379 e. The Balaban J connectivity index is 4.97. The zero-order valence-electron chi connectivity index (χ0n) is 10.1. The van der Waals surface area contributed by atoms with Crippen molar-refractivity contribution in [3.8, 4) is 0 Å². The van der Waals surface area contributed by atoms with Crippen molar-refractivity contribution in [2.45, 2.75) is 26.6 Å². The lowest BCUT2D eigenvalue weighted by atomic mass is 10.3. The maximum absolute atomic E-state index is 11.6. The monoisotopic (exact) mass is 234 g/mol. The van der Waals surface area contributed by atoms with Crippen LogP contribution in [-0.2, 0) is 28.5 Å². The number of hydrogen-bond acceptors (Lipinski definition) is 6. The van der Waals surface area contributed by atoms with Gasteiger partial charge in [0.2, 0.25) is 0 Å². The zero-order chi connectivity index (χ0) is 12.6. The van der Waals surface area contributed by atoms with Crippen LogP contribution in [-0.4, -0.2) is 44.7 Å². The molecule has 0 aliphatic carbocycles. The van der Waals surface area contributed by atoms with Gasteiger partial charge in [0.05, 0.1) is 13.2 Å². The molecule has 0 atom stereocenters. The van der Waals surface area contributed by atoms with Gasteiger partial charge in [-0.05, 0) is 20.8 Å². The van der Waals surface area contributed by atoms with Crippen LogP contribution in [0.4, 0.5) is 0 Å². The summed E-state index contributed by atoms with van der Waals surface area (Å²) in [6.45, 7) is 5.23. The van der Waals surface area contributed by atoms with Crippen molar-refractivity contribution in [2.75, 3.05) is 26.9 Å². The molecule has 0 spiro atoms. The highest BCUT2D eigenvalue weighted by Crippen LogP contribution is 2.17. The fourth-order valence-electron chi connectivity index (χ4n) is 1.08. The smallest absolute Gasteiger partial charge is 0.379 e. The van der Waals surface area contributed by atoms with Gasteiger partial charge in [-0.3, -0.25) is 0 Å².